The lowest BCUT2D eigenvalue weighted by atomic mass is 10.1. The topological polar surface area (TPSA) is 41.1 Å². The molecule has 3 nitrogen and oxygen atoms in total. The van der Waals surface area contributed by atoms with Gasteiger partial charge in [0.2, 0.25) is 5.91 Å². The third-order valence-electron chi connectivity index (χ3n) is 1.57. The van der Waals surface area contributed by atoms with E-state index in [1.54, 1.807) is 6.92 Å². The van der Waals surface area contributed by atoms with Gasteiger partial charge in [-0.2, -0.15) is 0 Å². The number of carbonyl (C=O) groups is 1. The van der Waals surface area contributed by atoms with E-state index in [2.05, 4.69) is 31.4 Å². The molecule has 0 aromatic rings. The Morgan fingerprint density at radius 3 is 2.25 bits per heavy atom. The van der Waals surface area contributed by atoms with Crippen LogP contribution in [0.25, 0.3) is 0 Å². The van der Waals surface area contributed by atoms with E-state index in [-0.39, 0.29) is 5.91 Å². The van der Waals surface area contributed by atoms with Crippen LogP contribution in [0.15, 0.2) is 0 Å². The third kappa shape index (κ3) is 7.54. The molecule has 0 saturated heterocycles. The average Bonchev–Trinajstić information content (AvgIpc) is 1.96. The lowest BCUT2D eigenvalue weighted by Gasteiger charge is -2.14. The van der Waals surface area contributed by atoms with Crippen molar-refractivity contribution >= 4 is 5.91 Å². The summed E-state index contributed by atoms with van der Waals surface area (Å²) < 4.78 is 0. The highest BCUT2D eigenvalue weighted by molar-refractivity contribution is 5.72. The van der Waals surface area contributed by atoms with Crippen molar-refractivity contribution < 1.29 is 4.79 Å². The van der Waals surface area contributed by atoms with Gasteiger partial charge in [0, 0.05) is 19.5 Å². The van der Waals surface area contributed by atoms with E-state index < -0.39 is 0 Å². The molecular weight excluding hydrogens is 152 g/mol. The van der Waals surface area contributed by atoms with Crippen LogP contribution < -0.4 is 10.6 Å². The molecule has 0 heterocycles. The molecule has 1 amide bonds. The summed E-state index contributed by atoms with van der Waals surface area (Å²) in [7, 11) is 0. The highest BCUT2D eigenvalue weighted by atomic mass is 16.1. The molecule has 2 N–H and O–H groups in total. The molecule has 0 aliphatic carbocycles. The number of rotatable bonds is 5. The average molecular weight is 172 g/mol. The summed E-state index contributed by atoms with van der Waals surface area (Å²) in [6, 6.07) is 0.518. The van der Waals surface area contributed by atoms with Gasteiger partial charge in [-0.05, 0) is 12.5 Å². The second-order valence-corrected chi connectivity index (χ2v) is 3.61. The minimum absolute atomic E-state index is 0.0476. The summed E-state index contributed by atoms with van der Waals surface area (Å²) in [5.74, 6) is 0.544. The van der Waals surface area contributed by atoms with Crippen LogP contribution in [0.4, 0.5) is 0 Å². The van der Waals surface area contributed by atoms with Gasteiger partial charge < -0.3 is 10.6 Å². The van der Waals surface area contributed by atoms with Crippen LogP contribution in [-0.2, 0) is 4.79 Å². The van der Waals surface area contributed by atoms with Gasteiger partial charge in [-0.15, -0.1) is 0 Å². The highest BCUT2D eigenvalue weighted by Crippen LogP contribution is 1.90. The van der Waals surface area contributed by atoms with E-state index in [0.29, 0.717) is 12.0 Å². The Balaban J connectivity index is 3.33. The fourth-order valence-corrected chi connectivity index (χ4v) is 0.827. The van der Waals surface area contributed by atoms with Crippen molar-refractivity contribution in [3.63, 3.8) is 0 Å². The monoisotopic (exact) mass is 172 g/mol. The fraction of sp³-hybridized carbons (Fsp3) is 0.889. The zero-order chi connectivity index (χ0) is 9.56. The van der Waals surface area contributed by atoms with Crippen LogP contribution in [0.3, 0.4) is 0 Å². The Morgan fingerprint density at radius 2 is 1.83 bits per heavy atom. The third-order valence-corrected chi connectivity index (χ3v) is 1.57. The quantitative estimate of drug-likeness (QED) is 0.642. The molecule has 72 valence electrons. The molecule has 0 aliphatic heterocycles. The fourth-order valence-electron chi connectivity index (χ4n) is 0.827. The van der Waals surface area contributed by atoms with E-state index >= 15 is 0 Å². The number of amides is 1. The summed E-state index contributed by atoms with van der Waals surface area (Å²) in [5, 5.41) is 6.11. The van der Waals surface area contributed by atoms with Crippen molar-refractivity contribution in [2.75, 3.05) is 13.1 Å². The summed E-state index contributed by atoms with van der Waals surface area (Å²) >= 11 is 0. The number of hydrogen-bond acceptors (Lipinski definition) is 2. The normalized spacial score (nSPS) is 13.1. The van der Waals surface area contributed by atoms with E-state index in [1.165, 1.54) is 0 Å². The zero-order valence-corrected chi connectivity index (χ0v) is 8.48. The van der Waals surface area contributed by atoms with Gasteiger partial charge in [0.15, 0.2) is 0 Å². The zero-order valence-electron chi connectivity index (χ0n) is 8.48. The first kappa shape index (κ1) is 11.4. The maximum absolute atomic E-state index is 10.6. The van der Waals surface area contributed by atoms with Crippen LogP contribution in [-0.4, -0.2) is 25.0 Å². The van der Waals surface area contributed by atoms with Crippen molar-refractivity contribution in [2.24, 2.45) is 5.92 Å². The van der Waals surface area contributed by atoms with E-state index in [0.717, 1.165) is 13.1 Å². The molecule has 1 atom stereocenters. The molecule has 0 radical (unpaired) electrons. The molecule has 0 saturated carbocycles. The van der Waals surface area contributed by atoms with Gasteiger partial charge in [-0.1, -0.05) is 20.8 Å². The van der Waals surface area contributed by atoms with Gasteiger partial charge >= 0.3 is 0 Å². The SMILES string of the molecule is CC(=O)NC[C@H](C)CNC(C)C. The standard InChI is InChI=1S/C9H20N2O/c1-7(2)10-5-8(3)6-11-9(4)12/h7-8,10H,5-6H2,1-4H3,(H,11,12)/t8-/m1/s1. The second-order valence-electron chi connectivity index (χ2n) is 3.61. The largest absolute Gasteiger partial charge is 0.356 e. The number of hydrogen-bond donors (Lipinski definition) is 2. The molecule has 0 aromatic carbocycles. The van der Waals surface area contributed by atoms with Crippen molar-refractivity contribution in [2.45, 2.75) is 33.7 Å². The van der Waals surface area contributed by atoms with Gasteiger partial charge in [0.05, 0.1) is 0 Å². The van der Waals surface area contributed by atoms with Crippen molar-refractivity contribution in [1.82, 2.24) is 10.6 Å². The first-order chi connectivity index (χ1) is 5.52. The lowest BCUT2D eigenvalue weighted by molar-refractivity contribution is -0.119. The Kier molecular flexibility index (Phi) is 5.72. The smallest absolute Gasteiger partial charge is 0.216 e. The Morgan fingerprint density at radius 1 is 1.25 bits per heavy atom. The number of nitrogens with one attached hydrogen (secondary N) is 2. The Labute approximate surface area is 74.9 Å². The van der Waals surface area contributed by atoms with Crippen LogP contribution in [0.1, 0.15) is 27.7 Å². The van der Waals surface area contributed by atoms with Crippen molar-refractivity contribution in [1.29, 1.82) is 0 Å². The van der Waals surface area contributed by atoms with Crippen LogP contribution in [0.2, 0.25) is 0 Å². The minimum atomic E-state index is 0.0476. The van der Waals surface area contributed by atoms with Crippen LogP contribution in [0.5, 0.6) is 0 Å². The van der Waals surface area contributed by atoms with Crippen LogP contribution in [0, 0.1) is 5.92 Å². The molecule has 0 fully saturated rings. The van der Waals surface area contributed by atoms with Crippen molar-refractivity contribution in [3.8, 4) is 0 Å². The molecule has 0 spiro atoms. The summed E-state index contributed by atoms with van der Waals surface area (Å²) in [5.41, 5.74) is 0. The molecule has 0 aromatic heterocycles. The van der Waals surface area contributed by atoms with Crippen LogP contribution >= 0.6 is 0 Å². The Bertz CT molecular complexity index is 134. The highest BCUT2D eigenvalue weighted by Gasteiger charge is 2.02. The molecule has 0 rings (SSSR count). The maximum atomic E-state index is 10.6. The maximum Gasteiger partial charge on any atom is 0.216 e. The van der Waals surface area contributed by atoms with Gasteiger partial charge in [0.25, 0.3) is 0 Å². The molecular formula is C9H20N2O. The van der Waals surface area contributed by atoms with Gasteiger partial charge in [-0.3, -0.25) is 4.79 Å². The van der Waals surface area contributed by atoms with Gasteiger partial charge in [-0.25, -0.2) is 0 Å². The molecule has 0 bridgehead atoms. The molecule has 0 aliphatic rings. The van der Waals surface area contributed by atoms with E-state index in [1.807, 2.05) is 0 Å². The molecule has 12 heavy (non-hydrogen) atoms. The first-order valence-corrected chi connectivity index (χ1v) is 4.50. The Hall–Kier alpha value is -0.570. The van der Waals surface area contributed by atoms with E-state index in [4.69, 9.17) is 0 Å². The van der Waals surface area contributed by atoms with Crippen molar-refractivity contribution in [3.05, 3.63) is 0 Å². The molecule has 3 heteroatoms. The predicted molar refractivity (Wildman–Crippen MR) is 51.0 cm³/mol. The van der Waals surface area contributed by atoms with Gasteiger partial charge in [0.1, 0.15) is 0 Å². The lowest BCUT2D eigenvalue weighted by Crippen LogP contribution is -2.34. The minimum Gasteiger partial charge on any atom is -0.356 e. The van der Waals surface area contributed by atoms with E-state index in [9.17, 15) is 4.79 Å². The molecule has 0 unspecified atom stereocenters. The second kappa shape index (κ2) is 6.00. The summed E-state index contributed by atoms with van der Waals surface area (Å²) in [4.78, 5) is 10.6. The predicted octanol–water partition coefficient (Wildman–Crippen LogP) is 0.757. The summed E-state index contributed by atoms with van der Waals surface area (Å²) in [6.07, 6.45) is 0. The number of carbonyl (C=O) groups excluding carboxylic acids is 1. The first-order valence-electron chi connectivity index (χ1n) is 4.50. The summed E-state index contributed by atoms with van der Waals surface area (Å²) in [6.45, 7) is 9.61.